The number of carbonyl (C=O) groups is 1. The molecule has 0 N–H and O–H groups in total. The van der Waals surface area contributed by atoms with Gasteiger partial charge in [0.15, 0.2) is 11.5 Å². The Hall–Kier alpha value is -3.39. The van der Waals surface area contributed by atoms with Gasteiger partial charge in [0.25, 0.3) is 11.8 Å². The molecule has 0 radical (unpaired) electrons. The Balaban J connectivity index is 1.66. The van der Waals surface area contributed by atoms with Gasteiger partial charge in [0.05, 0.1) is 38.6 Å². The summed E-state index contributed by atoms with van der Waals surface area (Å²) in [5.74, 6) is 1.79. The van der Waals surface area contributed by atoms with E-state index in [1.54, 1.807) is 43.4 Å². The van der Waals surface area contributed by atoms with Crippen LogP contribution in [0.4, 0.5) is 0 Å². The van der Waals surface area contributed by atoms with E-state index < -0.39 is 0 Å². The average Bonchev–Trinajstić information content (AvgIpc) is 3.29. The highest BCUT2D eigenvalue weighted by atomic mass is 16.5. The van der Waals surface area contributed by atoms with Crippen molar-refractivity contribution in [3.63, 3.8) is 0 Å². The lowest BCUT2D eigenvalue weighted by molar-refractivity contribution is 0.0303. The van der Waals surface area contributed by atoms with Gasteiger partial charge in [0.1, 0.15) is 0 Å². The number of hydrogen-bond acceptors (Lipinski definition) is 7. The number of nitrogens with zero attached hydrogens (tertiary/aromatic N) is 3. The molecule has 0 bridgehead atoms. The Kier molecular flexibility index (Phi) is 5.44. The second kappa shape index (κ2) is 8.32. The van der Waals surface area contributed by atoms with Crippen molar-refractivity contribution in [3.8, 4) is 34.3 Å². The maximum Gasteiger partial charge on any atom is 0.259 e. The molecule has 1 aromatic heterocycles. The minimum absolute atomic E-state index is 0.0743. The van der Waals surface area contributed by atoms with Crippen LogP contribution in [0.5, 0.6) is 11.5 Å². The highest BCUT2D eigenvalue weighted by Crippen LogP contribution is 2.32. The van der Waals surface area contributed by atoms with Crippen molar-refractivity contribution < 1.29 is 23.5 Å². The Morgan fingerprint density at radius 2 is 1.79 bits per heavy atom. The first-order valence-electron chi connectivity index (χ1n) is 9.24. The van der Waals surface area contributed by atoms with Crippen molar-refractivity contribution in [2.24, 2.45) is 0 Å². The van der Waals surface area contributed by atoms with E-state index in [4.69, 9.17) is 18.7 Å². The van der Waals surface area contributed by atoms with Crippen LogP contribution in [-0.4, -0.2) is 61.5 Å². The molecule has 29 heavy (non-hydrogen) atoms. The average molecular weight is 395 g/mol. The smallest absolute Gasteiger partial charge is 0.259 e. The molecule has 1 aliphatic heterocycles. The zero-order valence-electron chi connectivity index (χ0n) is 16.3. The van der Waals surface area contributed by atoms with Crippen LogP contribution in [-0.2, 0) is 4.74 Å². The van der Waals surface area contributed by atoms with Crippen LogP contribution in [0, 0.1) is 0 Å². The predicted molar refractivity (Wildman–Crippen MR) is 105 cm³/mol. The summed E-state index contributed by atoms with van der Waals surface area (Å²) in [6.07, 6.45) is 0. The van der Waals surface area contributed by atoms with E-state index in [9.17, 15) is 4.79 Å². The Labute approximate surface area is 168 Å². The number of morpholine rings is 1. The summed E-state index contributed by atoms with van der Waals surface area (Å²) in [6, 6.07) is 12.6. The number of rotatable bonds is 5. The molecule has 1 aliphatic rings. The lowest BCUT2D eigenvalue weighted by Crippen LogP contribution is -2.40. The molecule has 0 spiro atoms. The number of aromatic nitrogens is 2. The van der Waals surface area contributed by atoms with E-state index in [0.717, 1.165) is 5.56 Å². The van der Waals surface area contributed by atoms with Crippen LogP contribution >= 0.6 is 0 Å². The fourth-order valence-corrected chi connectivity index (χ4v) is 3.22. The topological polar surface area (TPSA) is 86.9 Å². The number of benzene rings is 2. The number of ether oxygens (including phenoxy) is 3. The highest BCUT2D eigenvalue weighted by Gasteiger charge is 2.24. The lowest BCUT2D eigenvalue weighted by atomic mass is 10.1. The molecular weight excluding hydrogens is 374 g/mol. The van der Waals surface area contributed by atoms with Gasteiger partial charge < -0.3 is 23.6 Å². The van der Waals surface area contributed by atoms with E-state index in [-0.39, 0.29) is 11.8 Å². The van der Waals surface area contributed by atoms with E-state index >= 15 is 0 Å². The summed E-state index contributed by atoms with van der Waals surface area (Å²) in [5.41, 5.74) is 1.84. The fraction of sp³-hybridized carbons (Fsp3) is 0.286. The van der Waals surface area contributed by atoms with Crippen molar-refractivity contribution in [2.75, 3.05) is 40.5 Å². The van der Waals surface area contributed by atoms with E-state index in [2.05, 4.69) is 10.1 Å². The molecule has 0 unspecified atom stereocenters. The van der Waals surface area contributed by atoms with Gasteiger partial charge in [-0.05, 0) is 30.3 Å². The summed E-state index contributed by atoms with van der Waals surface area (Å²) >= 11 is 0. The fourth-order valence-electron chi connectivity index (χ4n) is 3.22. The first-order valence-corrected chi connectivity index (χ1v) is 9.24. The molecule has 1 amide bonds. The summed E-state index contributed by atoms with van der Waals surface area (Å²) in [4.78, 5) is 19.2. The van der Waals surface area contributed by atoms with Gasteiger partial charge in [-0.1, -0.05) is 17.3 Å². The predicted octanol–water partition coefficient (Wildman–Crippen LogP) is 2.89. The summed E-state index contributed by atoms with van der Waals surface area (Å²) in [7, 11) is 3.14. The SMILES string of the molecule is COc1ccc(-c2noc(-c3ccccc3C(=O)N3CCOCC3)n2)cc1OC. The largest absolute Gasteiger partial charge is 0.493 e. The number of methoxy groups -OCH3 is 2. The monoisotopic (exact) mass is 395 g/mol. The van der Waals surface area contributed by atoms with Crippen molar-refractivity contribution in [3.05, 3.63) is 48.0 Å². The summed E-state index contributed by atoms with van der Waals surface area (Å²) < 4.78 is 21.4. The number of amides is 1. The van der Waals surface area contributed by atoms with Crippen LogP contribution in [0.25, 0.3) is 22.8 Å². The summed E-state index contributed by atoms with van der Waals surface area (Å²) in [6.45, 7) is 2.21. The molecule has 0 aliphatic carbocycles. The minimum atomic E-state index is -0.0743. The molecule has 0 saturated carbocycles. The first-order chi connectivity index (χ1) is 14.2. The Morgan fingerprint density at radius 1 is 1.03 bits per heavy atom. The molecule has 8 heteroatoms. The number of hydrogen-bond donors (Lipinski definition) is 0. The van der Waals surface area contributed by atoms with Crippen molar-refractivity contribution >= 4 is 5.91 Å². The van der Waals surface area contributed by atoms with Gasteiger partial charge in [-0.3, -0.25) is 4.79 Å². The van der Waals surface area contributed by atoms with Gasteiger partial charge in [-0.15, -0.1) is 0 Å². The molecule has 4 rings (SSSR count). The number of carbonyl (C=O) groups excluding carboxylic acids is 1. The molecule has 8 nitrogen and oxygen atoms in total. The van der Waals surface area contributed by atoms with Gasteiger partial charge in [0.2, 0.25) is 5.82 Å². The van der Waals surface area contributed by atoms with Crippen LogP contribution in [0.1, 0.15) is 10.4 Å². The lowest BCUT2D eigenvalue weighted by Gasteiger charge is -2.27. The van der Waals surface area contributed by atoms with Crippen LogP contribution in [0.3, 0.4) is 0 Å². The van der Waals surface area contributed by atoms with Crippen LogP contribution in [0.15, 0.2) is 47.0 Å². The maximum absolute atomic E-state index is 13.0. The van der Waals surface area contributed by atoms with Gasteiger partial charge in [0, 0.05) is 18.7 Å². The van der Waals surface area contributed by atoms with Crippen LogP contribution < -0.4 is 9.47 Å². The third-order valence-electron chi connectivity index (χ3n) is 4.75. The second-order valence-corrected chi connectivity index (χ2v) is 6.44. The maximum atomic E-state index is 13.0. The van der Waals surface area contributed by atoms with Crippen LogP contribution in [0.2, 0.25) is 0 Å². The van der Waals surface area contributed by atoms with Gasteiger partial charge in [-0.2, -0.15) is 4.98 Å². The summed E-state index contributed by atoms with van der Waals surface area (Å²) in [5, 5.41) is 4.08. The normalized spacial score (nSPS) is 13.9. The van der Waals surface area contributed by atoms with Gasteiger partial charge in [-0.25, -0.2) is 0 Å². The first kappa shape index (κ1) is 18.9. The molecule has 2 heterocycles. The van der Waals surface area contributed by atoms with E-state index in [1.807, 2.05) is 18.2 Å². The van der Waals surface area contributed by atoms with Gasteiger partial charge >= 0.3 is 0 Å². The zero-order valence-corrected chi connectivity index (χ0v) is 16.3. The van der Waals surface area contributed by atoms with E-state index in [1.165, 1.54) is 0 Å². The second-order valence-electron chi connectivity index (χ2n) is 6.44. The Bertz CT molecular complexity index is 1010. The molecular formula is C21H21N3O5. The third kappa shape index (κ3) is 3.79. The van der Waals surface area contributed by atoms with Crippen molar-refractivity contribution in [1.29, 1.82) is 0 Å². The van der Waals surface area contributed by atoms with E-state index in [0.29, 0.717) is 54.8 Å². The third-order valence-corrected chi connectivity index (χ3v) is 4.75. The quantitative estimate of drug-likeness (QED) is 0.656. The zero-order chi connectivity index (χ0) is 20.2. The molecule has 0 atom stereocenters. The Morgan fingerprint density at radius 3 is 2.55 bits per heavy atom. The minimum Gasteiger partial charge on any atom is -0.493 e. The van der Waals surface area contributed by atoms with Crippen molar-refractivity contribution in [2.45, 2.75) is 0 Å². The highest BCUT2D eigenvalue weighted by molar-refractivity contribution is 6.00. The molecule has 1 saturated heterocycles. The molecule has 1 fully saturated rings. The molecule has 150 valence electrons. The molecule has 2 aromatic carbocycles. The standard InChI is InChI=1S/C21H21N3O5/c1-26-17-8-7-14(13-18(17)27-2)19-22-20(29-23-19)15-5-3-4-6-16(15)21(25)24-9-11-28-12-10-24/h3-8,13H,9-12H2,1-2H3. The molecule has 3 aromatic rings. The van der Waals surface area contributed by atoms with Crippen molar-refractivity contribution in [1.82, 2.24) is 15.0 Å².